The van der Waals surface area contributed by atoms with Gasteiger partial charge in [0.1, 0.15) is 0 Å². The molecule has 0 aromatic rings. The minimum atomic E-state index is -0.360. The van der Waals surface area contributed by atoms with Crippen LogP contribution in [-0.4, -0.2) is 75.8 Å². The fourth-order valence-corrected chi connectivity index (χ4v) is 3.38. The van der Waals surface area contributed by atoms with Crippen molar-refractivity contribution in [1.29, 1.82) is 0 Å². The van der Waals surface area contributed by atoms with Crippen molar-refractivity contribution in [3.05, 3.63) is 0 Å². The van der Waals surface area contributed by atoms with E-state index in [2.05, 4.69) is 39.7 Å². The van der Waals surface area contributed by atoms with Gasteiger partial charge in [0.2, 0.25) is 5.91 Å². The van der Waals surface area contributed by atoms with Crippen LogP contribution in [0.15, 0.2) is 4.99 Å². The maximum atomic E-state index is 11.9. The Kier molecular flexibility index (Phi) is 10.7. The molecule has 0 aromatic carbocycles. The van der Waals surface area contributed by atoms with Crippen LogP contribution >= 0.6 is 0 Å². The molecule has 1 aliphatic heterocycles. The molecule has 1 heterocycles. The second-order valence-corrected chi connectivity index (χ2v) is 8.18. The van der Waals surface area contributed by atoms with E-state index in [0.29, 0.717) is 25.0 Å². The van der Waals surface area contributed by atoms with E-state index in [0.717, 1.165) is 38.8 Å². The van der Waals surface area contributed by atoms with Gasteiger partial charge in [-0.05, 0) is 5.92 Å². The SMILES string of the molecule is CCC(CC)C(CNC(=NC)NCCNC(=O)C(C)(C)C)N1CCOCC1. The van der Waals surface area contributed by atoms with Gasteiger partial charge in [-0.2, -0.15) is 0 Å². The van der Waals surface area contributed by atoms with Crippen LogP contribution < -0.4 is 16.0 Å². The quantitative estimate of drug-likeness (QED) is 0.319. The smallest absolute Gasteiger partial charge is 0.225 e. The molecule has 1 atom stereocenters. The van der Waals surface area contributed by atoms with Gasteiger partial charge in [-0.25, -0.2) is 0 Å². The summed E-state index contributed by atoms with van der Waals surface area (Å²) in [6.45, 7) is 16.0. The number of aliphatic imine (C=N–C) groups is 1. The third-order valence-electron chi connectivity index (χ3n) is 5.19. The minimum absolute atomic E-state index is 0.0633. The molecular weight excluding hydrogens is 342 g/mol. The number of carbonyl (C=O) groups is 1. The van der Waals surface area contributed by atoms with Crippen molar-refractivity contribution in [3.63, 3.8) is 0 Å². The summed E-state index contributed by atoms with van der Waals surface area (Å²) < 4.78 is 5.52. The van der Waals surface area contributed by atoms with Crippen LogP contribution in [0.25, 0.3) is 0 Å². The number of rotatable bonds is 9. The van der Waals surface area contributed by atoms with E-state index in [1.807, 2.05) is 20.8 Å². The van der Waals surface area contributed by atoms with Gasteiger partial charge in [-0.15, -0.1) is 0 Å². The first-order valence-electron chi connectivity index (χ1n) is 10.4. The molecular formula is C20H41N5O2. The van der Waals surface area contributed by atoms with Gasteiger partial charge in [0.25, 0.3) is 0 Å². The van der Waals surface area contributed by atoms with Crippen molar-refractivity contribution >= 4 is 11.9 Å². The van der Waals surface area contributed by atoms with Crippen molar-refractivity contribution < 1.29 is 9.53 Å². The maximum Gasteiger partial charge on any atom is 0.225 e. The van der Waals surface area contributed by atoms with Crippen LogP contribution in [0.3, 0.4) is 0 Å². The van der Waals surface area contributed by atoms with E-state index in [-0.39, 0.29) is 11.3 Å². The molecule has 0 saturated carbocycles. The lowest BCUT2D eigenvalue weighted by atomic mass is 9.92. The standard InChI is InChI=1S/C20H41N5O2/c1-7-16(8-2)17(25-11-13-27-14-12-25)15-24-19(21-6)23-10-9-22-18(26)20(3,4)5/h16-17H,7-15H2,1-6H3,(H,22,26)(H2,21,23,24). The van der Waals surface area contributed by atoms with E-state index in [9.17, 15) is 4.79 Å². The number of nitrogens with zero attached hydrogens (tertiary/aromatic N) is 2. The molecule has 7 nitrogen and oxygen atoms in total. The molecule has 1 amide bonds. The number of nitrogens with one attached hydrogen (secondary N) is 3. The first-order valence-corrected chi connectivity index (χ1v) is 10.4. The average molecular weight is 384 g/mol. The predicted molar refractivity (Wildman–Crippen MR) is 112 cm³/mol. The first kappa shape index (κ1) is 23.7. The van der Waals surface area contributed by atoms with Crippen LogP contribution in [-0.2, 0) is 9.53 Å². The van der Waals surface area contributed by atoms with E-state index in [4.69, 9.17) is 4.74 Å². The van der Waals surface area contributed by atoms with Gasteiger partial charge >= 0.3 is 0 Å². The van der Waals surface area contributed by atoms with E-state index in [1.54, 1.807) is 7.05 Å². The second kappa shape index (κ2) is 12.2. The first-order chi connectivity index (χ1) is 12.8. The average Bonchev–Trinajstić information content (AvgIpc) is 2.66. The molecule has 158 valence electrons. The number of amides is 1. The number of carbonyl (C=O) groups excluding carboxylic acids is 1. The molecule has 1 fully saturated rings. The second-order valence-electron chi connectivity index (χ2n) is 8.18. The minimum Gasteiger partial charge on any atom is -0.379 e. The largest absolute Gasteiger partial charge is 0.379 e. The summed E-state index contributed by atoms with van der Waals surface area (Å²) >= 11 is 0. The summed E-state index contributed by atoms with van der Waals surface area (Å²) in [6.07, 6.45) is 2.34. The Morgan fingerprint density at radius 2 is 1.67 bits per heavy atom. The molecule has 7 heteroatoms. The Balaban J connectivity index is 2.47. The third-order valence-corrected chi connectivity index (χ3v) is 5.19. The predicted octanol–water partition coefficient (Wildman–Crippen LogP) is 1.45. The van der Waals surface area contributed by atoms with Gasteiger partial charge < -0.3 is 20.7 Å². The molecule has 0 radical (unpaired) electrons. The highest BCUT2D eigenvalue weighted by Gasteiger charge is 2.27. The van der Waals surface area contributed by atoms with Gasteiger partial charge in [-0.1, -0.05) is 47.5 Å². The van der Waals surface area contributed by atoms with E-state index in [1.165, 1.54) is 12.8 Å². The molecule has 1 unspecified atom stereocenters. The molecule has 0 bridgehead atoms. The molecule has 0 aliphatic carbocycles. The highest BCUT2D eigenvalue weighted by Crippen LogP contribution is 2.19. The number of hydrogen-bond acceptors (Lipinski definition) is 4. The lowest BCUT2D eigenvalue weighted by molar-refractivity contribution is -0.128. The Bertz CT molecular complexity index is 452. The van der Waals surface area contributed by atoms with Crippen molar-refractivity contribution in [2.24, 2.45) is 16.3 Å². The Labute approximate surface area is 165 Å². The molecule has 27 heavy (non-hydrogen) atoms. The normalized spacial score (nSPS) is 17.7. The molecule has 0 aromatic heterocycles. The van der Waals surface area contributed by atoms with Gasteiger partial charge in [0, 0.05) is 51.2 Å². The van der Waals surface area contributed by atoms with Crippen LogP contribution in [0.5, 0.6) is 0 Å². The van der Waals surface area contributed by atoms with E-state index < -0.39 is 0 Å². The number of guanidine groups is 1. The van der Waals surface area contributed by atoms with Crippen LogP contribution in [0, 0.1) is 11.3 Å². The zero-order chi connectivity index (χ0) is 20.3. The molecule has 1 aliphatic rings. The summed E-state index contributed by atoms with van der Waals surface area (Å²) in [4.78, 5) is 18.8. The summed E-state index contributed by atoms with van der Waals surface area (Å²) in [5, 5.41) is 9.72. The van der Waals surface area contributed by atoms with Crippen molar-refractivity contribution in [2.45, 2.75) is 53.5 Å². The van der Waals surface area contributed by atoms with Gasteiger partial charge in [-0.3, -0.25) is 14.7 Å². The molecule has 3 N–H and O–H groups in total. The fraction of sp³-hybridized carbons (Fsp3) is 0.900. The zero-order valence-corrected chi connectivity index (χ0v) is 18.2. The summed E-state index contributed by atoms with van der Waals surface area (Å²) in [7, 11) is 1.78. The van der Waals surface area contributed by atoms with Crippen molar-refractivity contribution in [1.82, 2.24) is 20.9 Å². The van der Waals surface area contributed by atoms with Crippen LogP contribution in [0.2, 0.25) is 0 Å². The Hall–Kier alpha value is -1.34. The van der Waals surface area contributed by atoms with Crippen molar-refractivity contribution in [2.75, 3.05) is 53.0 Å². The van der Waals surface area contributed by atoms with Gasteiger partial charge in [0.15, 0.2) is 5.96 Å². The summed E-state index contributed by atoms with van der Waals surface area (Å²) in [6, 6.07) is 0.475. The number of morpholine rings is 1. The molecule has 1 rings (SSSR count). The zero-order valence-electron chi connectivity index (χ0n) is 18.2. The van der Waals surface area contributed by atoms with Crippen molar-refractivity contribution in [3.8, 4) is 0 Å². The summed E-state index contributed by atoms with van der Waals surface area (Å²) in [5.41, 5.74) is -0.360. The molecule has 0 spiro atoms. The molecule has 1 saturated heterocycles. The number of hydrogen-bond donors (Lipinski definition) is 3. The highest BCUT2D eigenvalue weighted by molar-refractivity contribution is 5.81. The lowest BCUT2D eigenvalue weighted by Gasteiger charge is -2.39. The summed E-state index contributed by atoms with van der Waals surface area (Å²) in [5.74, 6) is 1.50. The maximum absolute atomic E-state index is 11.9. The number of ether oxygens (including phenoxy) is 1. The monoisotopic (exact) mass is 383 g/mol. The Morgan fingerprint density at radius 1 is 1.07 bits per heavy atom. The fourth-order valence-electron chi connectivity index (χ4n) is 3.38. The van der Waals surface area contributed by atoms with E-state index >= 15 is 0 Å². The van der Waals surface area contributed by atoms with Crippen LogP contribution in [0.1, 0.15) is 47.5 Å². The lowest BCUT2D eigenvalue weighted by Crippen LogP contribution is -2.53. The third kappa shape index (κ3) is 8.47. The van der Waals surface area contributed by atoms with Crippen LogP contribution in [0.4, 0.5) is 0 Å². The topological polar surface area (TPSA) is 78.0 Å². The van der Waals surface area contributed by atoms with Gasteiger partial charge in [0.05, 0.1) is 13.2 Å². The highest BCUT2D eigenvalue weighted by atomic mass is 16.5. The Morgan fingerprint density at radius 3 is 2.19 bits per heavy atom.